The number of hydrogen-bond acceptors (Lipinski definition) is 5. The van der Waals surface area contributed by atoms with E-state index in [1.807, 2.05) is 38.1 Å². The van der Waals surface area contributed by atoms with E-state index >= 15 is 0 Å². The molecule has 5 heteroatoms. The third kappa shape index (κ3) is 3.79. The molecule has 0 aliphatic rings. The van der Waals surface area contributed by atoms with Gasteiger partial charge in [-0.3, -0.25) is 9.78 Å². The van der Waals surface area contributed by atoms with Crippen LogP contribution in [0.2, 0.25) is 0 Å². The summed E-state index contributed by atoms with van der Waals surface area (Å²) in [4.78, 5) is 17.8. The normalized spacial score (nSPS) is 10.9. The predicted molar refractivity (Wildman–Crippen MR) is 110 cm³/mol. The Morgan fingerprint density at radius 1 is 1.04 bits per heavy atom. The van der Waals surface area contributed by atoms with E-state index in [0.717, 1.165) is 22.8 Å². The Kier molecular flexibility index (Phi) is 5.83. The molecular weight excluding hydrogens is 354 g/mol. The number of benzene rings is 2. The lowest BCUT2D eigenvalue weighted by atomic mass is 9.98. The Morgan fingerprint density at radius 2 is 1.71 bits per heavy atom. The Morgan fingerprint density at radius 3 is 2.32 bits per heavy atom. The molecule has 3 rings (SSSR count). The van der Waals surface area contributed by atoms with Gasteiger partial charge in [-0.05, 0) is 55.5 Å². The summed E-state index contributed by atoms with van der Waals surface area (Å²) in [6.45, 7) is 5.96. The predicted octanol–water partition coefficient (Wildman–Crippen LogP) is 4.83. The molecule has 0 spiro atoms. The minimum atomic E-state index is -0.158. The zero-order valence-electron chi connectivity index (χ0n) is 16.9. The van der Waals surface area contributed by atoms with Crippen molar-refractivity contribution in [3.8, 4) is 17.2 Å². The Balaban J connectivity index is 2.16. The summed E-state index contributed by atoms with van der Waals surface area (Å²) in [5, 5.41) is 1.69. The van der Waals surface area contributed by atoms with Gasteiger partial charge < -0.3 is 14.2 Å². The molecule has 0 saturated carbocycles. The fourth-order valence-corrected chi connectivity index (χ4v) is 3.20. The lowest BCUT2D eigenvalue weighted by Crippen LogP contribution is -2.09. The molecule has 1 heterocycles. The van der Waals surface area contributed by atoms with Crippen molar-refractivity contribution in [2.24, 2.45) is 0 Å². The highest BCUT2D eigenvalue weighted by Crippen LogP contribution is 2.35. The minimum Gasteiger partial charge on any atom is -0.493 e. The minimum absolute atomic E-state index is 0.0323. The molecule has 0 saturated heterocycles. The molecule has 0 radical (unpaired) electrons. The molecule has 0 amide bonds. The van der Waals surface area contributed by atoms with E-state index in [9.17, 15) is 4.79 Å². The SMILES string of the molecule is CCc1cnc(C(=O)c2cccc(OC(C)C)c2)c2cc(OC)c(OC)cc12. The summed E-state index contributed by atoms with van der Waals surface area (Å²) in [6, 6.07) is 10.9. The average molecular weight is 379 g/mol. The maximum absolute atomic E-state index is 13.3. The fourth-order valence-electron chi connectivity index (χ4n) is 3.20. The average Bonchev–Trinajstić information content (AvgIpc) is 2.71. The molecule has 1 aromatic heterocycles. The summed E-state index contributed by atoms with van der Waals surface area (Å²) < 4.78 is 16.6. The van der Waals surface area contributed by atoms with Gasteiger partial charge in [0.2, 0.25) is 5.78 Å². The van der Waals surface area contributed by atoms with Crippen molar-refractivity contribution in [2.75, 3.05) is 14.2 Å². The monoisotopic (exact) mass is 379 g/mol. The van der Waals surface area contributed by atoms with Crippen LogP contribution in [0.15, 0.2) is 42.6 Å². The number of carbonyl (C=O) groups is 1. The summed E-state index contributed by atoms with van der Waals surface area (Å²) in [5.74, 6) is 1.70. The van der Waals surface area contributed by atoms with Crippen LogP contribution in [0, 0.1) is 0 Å². The molecule has 0 aliphatic heterocycles. The van der Waals surface area contributed by atoms with Crippen molar-refractivity contribution < 1.29 is 19.0 Å². The van der Waals surface area contributed by atoms with Crippen molar-refractivity contribution in [1.29, 1.82) is 0 Å². The highest BCUT2D eigenvalue weighted by atomic mass is 16.5. The number of aromatic nitrogens is 1. The van der Waals surface area contributed by atoms with E-state index in [4.69, 9.17) is 14.2 Å². The van der Waals surface area contributed by atoms with Crippen LogP contribution in [0.3, 0.4) is 0 Å². The van der Waals surface area contributed by atoms with E-state index in [1.165, 1.54) is 0 Å². The van der Waals surface area contributed by atoms with E-state index in [0.29, 0.717) is 28.5 Å². The van der Waals surface area contributed by atoms with Crippen molar-refractivity contribution in [1.82, 2.24) is 4.98 Å². The first-order chi connectivity index (χ1) is 13.5. The number of ketones is 1. The number of ether oxygens (including phenoxy) is 3. The third-order valence-electron chi connectivity index (χ3n) is 4.54. The van der Waals surface area contributed by atoms with Gasteiger partial charge in [-0.2, -0.15) is 0 Å². The third-order valence-corrected chi connectivity index (χ3v) is 4.54. The molecule has 2 aromatic carbocycles. The second-order valence-corrected chi connectivity index (χ2v) is 6.76. The largest absolute Gasteiger partial charge is 0.493 e. The lowest BCUT2D eigenvalue weighted by molar-refractivity contribution is 0.103. The quantitative estimate of drug-likeness (QED) is 0.550. The molecule has 0 N–H and O–H groups in total. The number of pyridine rings is 1. The van der Waals surface area contributed by atoms with Crippen LogP contribution in [0.5, 0.6) is 17.2 Å². The van der Waals surface area contributed by atoms with Crippen LogP contribution in [0.4, 0.5) is 0 Å². The Hall–Kier alpha value is -3.08. The molecule has 5 nitrogen and oxygen atoms in total. The molecule has 0 atom stereocenters. The number of methoxy groups -OCH3 is 2. The van der Waals surface area contributed by atoms with E-state index in [-0.39, 0.29) is 11.9 Å². The molecule has 146 valence electrons. The zero-order valence-corrected chi connectivity index (χ0v) is 16.9. The van der Waals surface area contributed by atoms with Gasteiger partial charge in [0.05, 0.1) is 20.3 Å². The van der Waals surface area contributed by atoms with Crippen LogP contribution in [-0.2, 0) is 6.42 Å². The second-order valence-electron chi connectivity index (χ2n) is 6.76. The van der Waals surface area contributed by atoms with Crippen LogP contribution in [0.25, 0.3) is 10.8 Å². The molecule has 0 aliphatic carbocycles. The van der Waals surface area contributed by atoms with Crippen molar-refractivity contribution >= 4 is 16.6 Å². The van der Waals surface area contributed by atoms with Crippen LogP contribution in [0.1, 0.15) is 42.4 Å². The number of hydrogen-bond donors (Lipinski definition) is 0. The first-order valence-electron chi connectivity index (χ1n) is 9.33. The number of carbonyl (C=O) groups excluding carboxylic acids is 1. The molecule has 0 fully saturated rings. The van der Waals surface area contributed by atoms with Gasteiger partial charge in [0.25, 0.3) is 0 Å². The molecule has 3 aromatic rings. The number of rotatable bonds is 7. The van der Waals surface area contributed by atoms with E-state index in [2.05, 4.69) is 11.9 Å². The molecular formula is C23H25NO4. The Bertz CT molecular complexity index is 1010. The fraction of sp³-hybridized carbons (Fsp3) is 0.304. The van der Waals surface area contributed by atoms with E-state index in [1.54, 1.807) is 32.5 Å². The maximum Gasteiger partial charge on any atom is 0.212 e. The van der Waals surface area contributed by atoms with Crippen molar-refractivity contribution in [3.05, 3.63) is 59.4 Å². The number of nitrogens with zero attached hydrogens (tertiary/aromatic N) is 1. The van der Waals surface area contributed by atoms with Crippen LogP contribution >= 0.6 is 0 Å². The summed E-state index contributed by atoms with van der Waals surface area (Å²) in [6.07, 6.45) is 2.59. The highest BCUT2D eigenvalue weighted by molar-refractivity contribution is 6.15. The molecule has 0 unspecified atom stereocenters. The summed E-state index contributed by atoms with van der Waals surface area (Å²) in [7, 11) is 3.18. The first kappa shape index (κ1) is 19.7. The standard InChI is InChI=1S/C23H25NO4/c1-6-15-13-24-22(19-12-21(27-5)20(26-4)11-18(15)19)23(25)16-8-7-9-17(10-16)28-14(2)3/h7-14H,6H2,1-5H3. The van der Waals surface area contributed by atoms with Gasteiger partial charge in [0, 0.05) is 17.1 Å². The topological polar surface area (TPSA) is 57.7 Å². The lowest BCUT2D eigenvalue weighted by Gasteiger charge is -2.14. The van der Waals surface area contributed by atoms with Gasteiger partial charge in [0.15, 0.2) is 11.5 Å². The molecule has 0 bridgehead atoms. The first-order valence-corrected chi connectivity index (χ1v) is 9.33. The summed E-state index contributed by atoms with van der Waals surface area (Å²) in [5.41, 5.74) is 1.96. The van der Waals surface area contributed by atoms with Crippen molar-refractivity contribution in [3.63, 3.8) is 0 Å². The molecule has 28 heavy (non-hydrogen) atoms. The van der Waals surface area contributed by atoms with Crippen LogP contribution in [-0.4, -0.2) is 31.1 Å². The van der Waals surface area contributed by atoms with Gasteiger partial charge in [-0.1, -0.05) is 19.1 Å². The number of fused-ring (bicyclic) bond motifs is 1. The van der Waals surface area contributed by atoms with Gasteiger partial charge in [-0.15, -0.1) is 0 Å². The summed E-state index contributed by atoms with van der Waals surface area (Å²) >= 11 is 0. The van der Waals surface area contributed by atoms with Crippen molar-refractivity contribution in [2.45, 2.75) is 33.3 Å². The van der Waals surface area contributed by atoms with Crippen LogP contribution < -0.4 is 14.2 Å². The highest BCUT2D eigenvalue weighted by Gasteiger charge is 2.19. The van der Waals surface area contributed by atoms with Gasteiger partial charge in [0.1, 0.15) is 11.4 Å². The second kappa shape index (κ2) is 8.30. The number of aryl methyl sites for hydroxylation is 1. The van der Waals surface area contributed by atoms with Gasteiger partial charge in [-0.25, -0.2) is 0 Å². The van der Waals surface area contributed by atoms with Gasteiger partial charge >= 0.3 is 0 Å². The maximum atomic E-state index is 13.3. The zero-order chi connectivity index (χ0) is 20.3. The Labute approximate surface area is 165 Å². The van der Waals surface area contributed by atoms with E-state index < -0.39 is 0 Å². The smallest absolute Gasteiger partial charge is 0.212 e.